The third-order valence-electron chi connectivity index (χ3n) is 10.6. The molecule has 0 bridgehead atoms. The lowest BCUT2D eigenvalue weighted by Gasteiger charge is -2.29. The number of hydrogen-bond acceptors (Lipinski definition) is 7. The first-order chi connectivity index (χ1) is 26.0. The van der Waals surface area contributed by atoms with Gasteiger partial charge in [-0.3, -0.25) is 15.0 Å². The van der Waals surface area contributed by atoms with Crippen LogP contribution < -0.4 is 20.9 Å². The number of nitrogens with zero attached hydrogens (tertiary/aromatic N) is 2. The summed E-state index contributed by atoms with van der Waals surface area (Å²) in [5.74, 6) is 0.0434. The number of methoxy groups -OCH3 is 1. The lowest BCUT2D eigenvalue weighted by molar-refractivity contribution is -0.145. The van der Waals surface area contributed by atoms with Crippen LogP contribution in [0.15, 0.2) is 54.6 Å². The minimum atomic E-state index is -0.770. The normalized spacial score (nSPS) is 17.1. The summed E-state index contributed by atoms with van der Waals surface area (Å²) < 4.78 is 12.8. The van der Waals surface area contributed by atoms with Crippen molar-refractivity contribution in [2.45, 2.75) is 148 Å². The van der Waals surface area contributed by atoms with Crippen LogP contribution in [-0.4, -0.2) is 52.4 Å². The Labute approximate surface area is 321 Å². The van der Waals surface area contributed by atoms with Gasteiger partial charge in [0.1, 0.15) is 22.9 Å². The number of nitrogens with one attached hydrogen (secondary N) is 3. The van der Waals surface area contributed by atoms with Gasteiger partial charge in [0, 0.05) is 36.9 Å². The van der Waals surface area contributed by atoms with Gasteiger partial charge in [0.15, 0.2) is 0 Å². The molecule has 1 fully saturated rings. The monoisotopic (exact) mass is 739 g/mol. The zero-order valence-electron chi connectivity index (χ0n) is 32.9. The number of rotatable bonds is 18. The summed E-state index contributed by atoms with van der Waals surface area (Å²) in [4.78, 5) is 38.4. The second kappa shape index (κ2) is 19.7. The van der Waals surface area contributed by atoms with Crippen molar-refractivity contribution in [3.63, 3.8) is 0 Å². The van der Waals surface area contributed by atoms with Crippen LogP contribution in [0.4, 0.5) is 0 Å². The van der Waals surface area contributed by atoms with Crippen molar-refractivity contribution in [2.24, 2.45) is 5.92 Å². The van der Waals surface area contributed by atoms with Gasteiger partial charge in [-0.05, 0) is 107 Å². The van der Waals surface area contributed by atoms with Crippen LogP contribution in [0.3, 0.4) is 0 Å². The predicted octanol–water partition coefficient (Wildman–Crippen LogP) is 7.39. The molecule has 2 aromatic carbocycles. The maximum atomic E-state index is 13.2. The molecule has 10 heteroatoms. The van der Waals surface area contributed by atoms with Gasteiger partial charge in [-0.15, -0.1) is 0 Å². The quantitative estimate of drug-likeness (QED) is 0.0920. The topological polar surface area (TPSA) is 135 Å². The van der Waals surface area contributed by atoms with E-state index in [9.17, 15) is 14.4 Å². The number of esters is 1. The second-order valence-electron chi connectivity index (χ2n) is 16.1. The number of fused-ring (bicyclic) bond motifs is 3. The summed E-state index contributed by atoms with van der Waals surface area (Å²) in [5.41, 5.74) is 5.88. The van der Waals surface area contributed by atoms with Crippen LogP contribution >= 0.6 is 0 Å². The van der Waals surface area contributed by atoms with Crippen LogP contribution in [0.2, 0.25) is 0 Å². The van der Waals surface area contributed by atoms with E-state index in [0.29, 0.717) is 31.2 Å². The molecule has 0 saturated heterocycles. The Bertz CT molecular complexity index is 1750. The molecular formula is C44H61N5O5. The van der Waals surface area contributed by atoms with E-state index in [1.807, 2.05) is 55.8 Å². The molecule has 54 heavy (non-hydrogen) atoms. The fraction of sp³-hybridized carbons (Fsp3) is 0.568. The first-order valence-corrected chi connectivity index (χ1v) is 20.2. The van der Waals surface area contributed by atoms with Crippen LogP contribution in [0.1, 0.15) is 121 Å². The largest absolute Gasteiger partial charge is 0.488 e. The Morgan fingerprint density at radius 1 is 0.870 bits per heavy atom. The highest BCUT2D eigenvalue weighted by molar-refractivity contribution is 5.86. The van der Waals surface area contributed by atoms with Crippen LogP contribution in [-0.2, 0) is 44.9 Å². The highest BCUT2D eigenvalue weighted by atomic mass is 16.5. The number of amides is 2. The average molecular weight is 740 g/mol. The van der Waals surface area contributed by atoms with Gasteiger partial charge in [-0.1, -0.05) is 74.9 Å². The molecule has 1 atom stereocenters. The number of ether oxygens (including phenoxy) is 2. The lowest BCUT2D eigenvalue weighted by atomic mass is 9.85. The predicted molar refractivity (Wildman–Crippen MR) is 211 cm³/mol. The van der Waals surface area contributed by atoms with E-state index in [2.05, 4.69) is 34.9 Å². The SMILES string of the molecule is COC(=O)C(Cc1ccc(OC(C)(C)C)cc1)NC(=O)C1CCC(NC(=O)CCCCCCCCCCn2nc3c(cc2=N)CCc2ccccc2-3)CC1. The molecule has 2 amide bonds. The minimum Gasteiger partial charge on any atom is -0.488 e. The van der Waals surface area contributed by atoms with Gasteiger partial charge in [0.05, 0.1) is 12.8 Å². The summed E-state index contributed by atoms with van der Waals surface area (Å²) in [5, 5.41) is 19.5. The van der Waals surface area contributed by atoms with Gasteiger partial charge in [0.25, 0.3) is 0 Å². The molecule has 1 heterocycles. The van der Waals surface area contributed by atoms with Crippen LogP contribution in [0.5, 0.6) is 5.75 Å². The maximum Gasteiger partial charge on any atom is 0.328 e. The van der Waals surface area contributed by atoms with Crippen molar-refractivity contribution >= 4 is 17.8 Å². The van der Waals surface area contributed by atoms with Gasteiger partial charge >= 0.3 is 5.97 Å². The first-order valence-electron chi connectivity index (χ1n) is 20.2. The summed E-state index contributed by atoms with van der Waals surface area (Å²) in [6.45, 7) is 6.74. The molecule has 0 aliphatic heterocycles. The molecule has 2 aliphatic carbocycles. The number of aryl methyl sites for hydroxylation is 3. The Kier molecular flexibility index (Phi) is 14.9. The minimum absolute atomic E-state index is 0.0865. The number of carbonyl (C=O) groups excluding carboxylic acids is 3. The van der Waals surface area contributed by atoms with Crippen molar-refractivity contribution in [3.05, 3.63) is 76.8 Å². The molecule has 0 spiro atoms. The molecule has 1 aromatic heterocycles. The number of unbranched alkanes of at least 4 members (excludes halogenated alkanes) is 7. The highest BCUT2D eigenvalue weighted by Crippen LogP contribution is 2.31. The molecular weight excluding hydrogens is 679 g/mol. The van der Waals surface area contributed by atoms with Crippen molar-refractivity contribution in [1.82, 2.24) is 20.4 Å². The molecule has 2 aliphatic rings. The zero-order chi connectivity index (χ0) is 38.5. The van der Waals surface area contributed by atoms with E-state index in [1.54, 1.807) is 0 Å². The smallest absolute Gasteiger partial charge is 0.328 e. The number of aromatic nitrogens is 2. The molecule has 5 rings (SSSR count). The van der Waals surface area contributed by atoms with E-state index in [0.717, 1.165) is 81.3 Å². The molecule has 292 valence electrons. The Hall–Kier alpha value is -4.47. The van der Waals surface area contributed by atoms with Crippen molar-refractivity contribution < 1.29 is 23.9 Å². The molecule has 1 saturated carbocycles. The van der Waals surface area contributed by atoms with E-state index < -0.39 is 12.0 Å². The van der Waals surface area contributed by atoms with E-state index in [1.165, 1.54) is 43.1 Å². The number of benzene rings is 2. The highest BCUT2D eigenvalue weighted by Gasteiger charge is 2.30. The van der Waals surface area contributed by atoms with E-state index in [4.69, 9.17) is 20.0 Å². The summed E-state index contributed by atoms with van der Waals surface area (Å²) in [6, 6.07) is 17.4. The van der Waals surface area contributed by atoms with Crippen LogP contribution in [0, 0.1) is 11.3 Å². The van der Waals surface area contributed by atoms with Gasteiger partial charge in [0.2, 0.25) is 11.8 Å². The third kappa shape index (κ3) is 12.3. The van der Waals surface area contributed by atoms with Crippen molar-refractivity contribution in [1.29, 1.82) is 5.41 Å². The maximum absolute atomic E-state index is 13.2. The molecule has 10 nitrogen and oxygen atoms in total. The fourth-order valence-corrected chi connectivity index (χ4v) is 7.69. The molecule has 3 aromatic rings. The lowest BCUT2D eigenvalue weighted by Crippen LogP contribution is -2.47. The number of carbonyl (C=O) groups is 3. The standard InChI is InChI=1S/C44H61N5O5/c1-44(2,3)54-36-26-18-31(19-27-36)29-38(43(52)53-4)47-42(51)33-22-24-35(25-23-33)46-40(50)17-11-9-7-5-6-8-10-14-28-49-39(45)30-34-21-20-32-15-12-13-16-37(32)41(34)48-49/h12-13,15-16,18-19,26-27,30,33,35,38,45H,5-11,14,17,20-25,28-29H2,1-4H3,(H,46,50)(H,47,51). The second-order valence-corrected chi connectivity index (χ2v) is 16.1. The summed E-state index contributed by atoms with van der Waals surface area (Å²) in [7, 11) is 1.33. The van der Waals surface area contributed by atoms with E-state index in [-0.39, 0.29) is 29.4 Å². The Balaban J connectivity index is 0.908. The van der Waals surface area contributed by atoms with Crippen LogP contribution in [0.25, 0.3) is 11.3 Å². The summed E-state index contributed by atoms with van der Waals surface area (Å²) in [6.07, 6.45) is 14.4. The van der Waals surface area contributed by atoms with E-state index >= 15 is 0 Å². The zero-order valence-corrected chi connectivity index (χ0v) is 32.9. The molecule has 3 N–H and O–H groups in total. The summed E-state index contributed by atoms with van der Waals surface area (Å²) >= 11 is 0. The Morgan fingerprint density at radius 2 is 1.52 bits per heavy atom. The van der Waals surface area contributed by atoms with Crippen molar-refractivity contribution in [2.75, 3.05) is 7.11 Å². The van der Waals surface area contributed by atoms with Crippen molar-refractivity contribution in [3.8, 4) is 17.0 Å². The Morgan fingerprint density at radius 3 is 2.20 bits per heavy atom. The van der Waals surface area contributed by atoms with Gasteiger partial charge in [-0.25, -0.2) is 9.48 Å². The molecule has 1 unspecified atom stereocenters. The molecule has 0 radical (unpaired) electrons. The number of hydrogen-bond donors (Lipinski definition) is 3. The fourth-order valence-electron chi connectivity index (χ4n) is 7.69. The third-order valence-corrected chi connectivity index (χ3v) is 10.6. The first kappa shape index (κ1) is 40.7. The van der Waals surface area contributed by atoms with Gasteiger partial charge < -0.3 is 20.1 Å². The average Bonchev–Trinajstić information content (AvgIpc) is 3.15. The van der Waals surface area contributed by atoms with Gasteiger partial charge in [-0.2, -0.15) is 5.10 Å².